The van der Waals surface area contributed by atoms with Crippen LogP contribution in [0.25, 0.3) is 0 Å². The molecule has 0 aliphatic heterocycles. The van der Waals surface area contributed by atoms with Gasteiger partial charge in [0.1, 0.15) is 5.82 Å². The van der Waals surface area contributed by atoms with Crippen LogP contribution in [0.4, 0.5) is 4.39 Å². The second-order valence-electron chi connectivity index (χ2n) is 6.45. The summed E-state index contributed by atoms with van der Waals surface area (Å²) in [4.78, 5) is 28.5. The van der Waals surface area contributed by atoms with Crippen LogP contribution in [0.2, 0.25) is 0 Å². The molecule has 1 rings (SSSR count). The number of ether oxygens (including phenoxy) is 1. The molecule has 1 unspecified atom stereocenters. The van der Waals surface area contributed by atoms with Crippen LogP contribution < -0.4 is 0 Å². The van der Waals surface area contributed by atoms with Crippen LogP contribution in [0.15, 0.2) is 24.3 Å². The molecule has 0 saturated carbocycles. The van der Waals surface area contributed by atoms with E-state index in [9.17, 15) is 14.0 Å². The Morgan fingerprint density at radius 1 is 1.12 bits per heavy atom. The molecule has 0 saturated heterocycles. The molecule has 0 spiro atoms. The van der Waals surface area contributed by atoms with Crippen molar-refractivity contribution in [3.63, 3.8) is 0 Å². The monoisotopic (exact) mass is 366 g/mol. The quantitative estimate of drug-likeness (QED) is 0.565. The van der Waals surface area contributed by atoms with E-state index in [0.29, 0.717) is 13.1 Å². The van der Waals surface area contributed by atoms with Gasteiger partial charge in [0.25, 0.3) is 0 Å². The minimum atomic E-state index is -0.384. The van der Waals surface area contributed by atoms with Gasteiger partial charge in [-0.25, -0.2) is 4.39 Å². The first-order chi connectivity index (χ1) is 12.4. The van der Waals surface area contributed by atoms with E-state index in [4.69, 9.17) is 4.74 Å². The van der Waals surface area contributed by atoms with E-state index in [1.54, 1.807) is 24.0 Å². The normalized spacial score (nSPS) is 12.1. The van der Waals surface area contributed by atoms with Crippen LogP contribution in [-0.2, 0) is 20.7 Å². The highest BCUT2D eigenvalue weighted by molar-refractivity contribution is 5.80. The Labute approximate surface area is 156 Å². The summed E-state index contributed by atoms with van der Waals surface area (Å²) < 4.78 is 17.8. The molecule has 6 heteroatoms. The van der Waals surface area contributed by atoms with Crippen molar-refractivity contribution in [3.05, 3.63) is 35.6 Å². The Morgan fingerprint density at radius 3 is 2.27 bits per heavy atom. The van der Waals surface area contributed by atoms with Gasteiger partial charge in [-0.05, 0) is 43.8 Å². The molecule has 0 heterocycles. The summed E-state index contributed by atoms with van der Waals surface area (Å²) >= 11 is 0. The van der Waals surface area contributed by atoms with E-state index in [1.165, 1.54) is 19.2 Å². The highest BCUT2D eigenvalue weighted by Crippen LogP contribution is 2.09. The van der Waals surface area contributed by atoms with Gasteiger partial charge in [0.05, 0.1) is 19.4 Å². The van der Waals surface area contributed by atoms with Gasteiger partial charge in [-0.1, -0.05) is 32.9 Å². The first-order valence-electron chi connectivity index (χ1n) is 9.23. The Balaban J connectivity index is 2.72. The van der Waals surface area contributed by atoms with Crippen molar-refractivity contribution in [2.24, 2.45) is 5.92 Å². The Bertz CT molecular complexity index is 559. The lowest BCUT2D eigenvalue weighted by Gasteiger charge is -2.27. The summed E-state index contributed by atoms with van der Waals surface area (Å²) in [6.45, 7) is 9.73. The van der Waals surface area contributed by atoms with Crippen LogP contribution in [0.3, 0.4) is 0 Å². The lowest BCUT2D eigenvalue weighted by atomic mass is 10.1. The van der Waals surface area contributed by atoms with Crippen LogP contribution in [0.1, 0.15) is 32.8 Å². The van der Waals surface area contributed by atoms with E-state index in [-0.39, 0.29) is 30.0 Å². The van der Waals surface area contributed by atoms with Crippen LogP contribution in [-0.4, -0.2) is 61.5 Å². The fourth-order valence-corrected chi connectivity index (χ4v) is 2.84. The number of esters is 1. The van der Waals surface area contributed by atoms with E-state index in [0.717, 1.165) is 31.6 Å². The molecular weight excluding hydrogens is 335 g/mol. The molecule has 5 nitrogen and oxygen atoms in total. The first kappa shape index (κ1) is 22.1. The Kier molecular flexibility index (Phi) is 9.88. The molecule has 0 N–H and O–H groups in total. The van der Waals surface area contributed by atoms with Crippen molar-refractivity contribution in [2.45, 2.75) is 33.6 Å². The number of methoxy groups -OCH3 is 1. The zero-order valence-electron chi connectivity index (χ0n) is 16.3. The number of benzene rings is 1. The van der Waals surface area contributed by atoms with E-state index >= 15 is 0 Å². The molecule has 1 atom stereocenters. The summed E-state index contributed by atoms with van der Waals surface area (Å²) in [5.74, 6) is -1.09. The smallest absolute Gasteiger partial charge is 0.310 e. The van der Waals surface area contributed by atoms with Crippen LogP contribution >= 0.6 is 0 Å². The molecule has 0 aliphatic rings. The SMILES string of the molecule is CCN(CC)CCCN(CC(C)C(=O)OC)C(=O)Cc1ccc(F)cc1. The number of halogens is 1. The van der Waals surface area contributed by atoms with Crippen molar-refractivity contribution < 1.29 is 18.7 Å². The highest BCUT2D eigenvalue weighted by atomic mass is 19.1. The van der Waals surface area contributed by atoms with Crippen molar-refractivity contribution in [1.29, 1.82) is 0 Å². The Hall–Kier alpha value is -1.95. The molecule has 1 amide bonds. The molecule has 0 aliphatic carbocycles. The molecule has 0 fully saturated rings. The predicted molar refractivity (Wildman–Crippen MR) is 100 cm³/mol. The standard InChI is InChI=1S/C20H31FN2O3/c1-5-22(6-2)12-7-13-23(15-16(3)20(25)26-4)19(24)14-17-8-10-18(21)11-9-17/h8-11,16H,5-7,12-15H2,1-4H3. The average Bonchev–Trinajstić information content (AvgIpc) is 2.65. The molecule has 1 aromatic rings. The molecule has 0 aromatic heterocycles. The fraction of sp³-hybridized carbons (Fsp3) is 0.600. The van der Waals surface area contributed by atoms with Crippen LogP contribution in [0.5, 0.6) is 0 Å². The van der Waals surface area contributed by atoms with Gasteiger partial charge in [-0.15, -0.1) is 0 Å². The number of amides is 1. The molecule has 0 radical (unpaired) electrons. The zero-order chi connectivity index (χ0) is 19.5. The lowest BCUT2D eigenvalue weighted by Crippen LogP contribution is -2.40. The third-order valence-corrected chi connectivity index (χ3v) is 4.52. The Morgan fingerprint density at radius 2 is 1.73 bits per heavy atom. The number of hydrogen-bond acceptors (Lipinski definition) is 4. The molecule has 0 bridgehead atoms. The largest absolute Gasteiger partial charge is 0.469 e. The summed E-state index contributed by atoms with van der Waals surface area (Å²) in [7, 11) is 1.35. The third kappa shape index (κ3) is 7.52. The number of nitrogens with zero attached hydrogens (tertiary/aromatic N) is 2. The summed E-state index contributed by atoms with van der Waals surface area (Å²) in [5.41, 5.74) is 0.760. The topological polar surface area (TPSA) is 49.9 Å². The van der Waals surface area contributed by atoms with Crippen LogP contribution in [0, 0.1) is 11.7 Å². The third-order valence-electron chi connectivity index (χ3n) is 4.52. The van der Waals surface area contributed by atoms with Gasteiger partial charge in [0.15, 0.2) is 0 Å². The second kappa shape index (κ2) is 11.6. The maximum Gasteiger partial charge on any atom is 0.310 e. The molecule has 26 heavy (non-hydrogen) atoms. The number of rotatable bonds is 11. The van der Waals surface area contributed by atoms with Gasteiger partial charge in [-0.3, -0.25) is 9.59 Å². The zero-order valence-corrected chi connectivity index (χ0v) is 16.3. The predicted octanol–water partition coefficient (Wildman–Crippen LogP) is 2.74. The van der Waals surface area contributed by atoms with Gasteiger partial charge < -0.3 is 14.5 Å². The maximum atomic E-state index is 13.0. The summed E-state index contributed by atoms with van der Waals surface area (Å²) in [6.07, 6.45) is 1.03. The number of hydrogen-bond donors (Lipinski definition) is 0. The fourth-order valence-electron chi connectivity index (χ4n) is 2.84. The maximum absolute atomic E-state index is 13.0. The van der Waals surface area contributed by atoms with Crippen molar-refractivity contribution in [2.75, 3.05) is 39.8 Å². The minimum Gasteiger partial charge on any atom is -0.469 e. The molecule has 1 aromatic carbocycles. The van der Waals surface area contributed by atoms with Gasteiger partial charge in [-0.2, -0.15) is 0 Å². The van der Waals surface area contributed by atoms with Gasteiger partial charge >= 0.3 is 5.97 Å². The number of carbonyl (C=O) groups excluding carboxylic acids is 2. The van der Waals surface area contributed by atoms with E-state index in [1.807, 2.05) is 0 Å². The van der Waals surface area contributed by atoms with Gasteiger partial charge in [0.2, 0.25) is 5.91 Å². The van der Waals surface area contributed by atoms with Crippen molar-refractivity contribution in [1.82, 2.24) is 9.80 Å². The summed E-state index contributed by atoms with van der Waals surface area (Å²) in [5, 5.41) is 0. The van der Waals surface area contributed by atoms with E-state index < -0.39 is 0 Å². The highest BCUT2D eigenvalue weighted by Gasteiger charge is 2.21. The average molecular weight is 366 g/mol. The van der Waals surface area contributed by atoms with Crippen molar-refractivity contribution in [3.8, 4) is 0 Å². The first-order valence-corrected chi connectivity index (χ1v) is 9.23. The van der Waals surface area contributed by atoms with Crippen molar-refractivity contribution >= 4 is 11.9 Å². The van der Waals surface area contributed by atoms with Gasteiger partial charge in [0, 0.05) is 13.1 Å². The lowest BCUT2D eigenvalue weighted by molar-refractivity contribution is -0.146. The second-order valence-corrected chi connectivity index (χ2v) is 6.45. The summed E-state index contributed by atoms with van der Waals surface area (Å²) in [6, 6.07) is 5.94. The minimum absolute atomic E-state index is 0.0630. The molecule has 146 valence electrons. The molecular formula is C20H31FN2O3. The van der Waals surface area contributed by atoms with E-state index in [2.05, 4.69) is 18.7 Å². The number of carbonyl (C=O) groups is 2.